The number of piperidine rings is 1. The van der Waals surface area contributed by atoms with Crippen LogP contribution in [0.15, 0.2) is 53.6 Å². The van der Waals surface area contributed by atoms with Crippen LogP contribution in [0.5, 0.6) is 5.75 Å². The van der Waals surface area contributed by atoms with Crippen LogP contribution in [-0.4, -0.2) is 40.5 Å². The summed E-state index contributed by atoms with van der Waals surface area (Å²) in [4.78, 5) is 12.2. The Morgan fingerprint density at radius 1 is 1.24 bits per heavy atom. The maximum absolute atomic E-state index is 14.8. The average Bonchev–Trinajstić information content (AvgIpc) is 3.52. The van der Waals surface area contributed by atoms with E-state index in [2.05, 4.69) is 21.5 Å². The van der Waals surface area contributed by atoms with Crippen LogP contribution in [0.1, 0.15) is 29.7 Å². The van der Waals surface area contributed by atoms with Crippen molar-refractivity contribution in [3.63, 3.8) is 0 Å². The predicted molar refractivity (Wildman–Crippen MR) is 124 cm³/mol. The number of halogens is 2. The molecule has 174 valence electrons. The lowest BCUT2D eigenvalue weighted by molar-refractivity contribution is -0.0922. The molecule has 1 unspecified atom stereocenters. The summed E-state index contributed by atoms with van der Waals surface area (Å²) in [6.45, 7) is 2.89. The summed E-state index contributed by atoms with van der Waals surface area (Å²) in [5, 5.41) is 7.46. The molecular weight excluding hydrogens is 440 g/mol. The number of benzene rings is 2. The summed E-state index contributed by atoms with van der Waals surface area (Å²) >= 11 is 0. The highest BCUT2D eigenvalue weighted by molar-refractivity contribution is 6.03. The molecule has 0 saturated carbocycles. The van der Waals surface area contributed by atoms with Crippen molar-refractivity contribution in [2.45, 2.75) is 25.5 Å². The van der Waals surface area contributed by atoms with E-state index in [1.165, 1.54) is 6.07 Å². The predicted octanol–water partition coefficient (Wildman–Crippen LogP) is 4.57. The van der Waals surface area contributed by atoms with Gasteiger partial charge in [0.05, 0.1) is 36.9 Å². The minimum Gasteiger partial charge on any atom is -0.495 e. The van der Waals surface area contributed by atoms with E-state index >= 15 is 0 Å². The number of nitrogens with one attached hydrogen (secondary N) is 1. The number of nitrogens with zero attached hydrogens (tertiary/aromatic N) is 4. The molecule has 1 N–H and O–H groups in total. The minimum atomic E-state index is -1.11. The fourth-order valence-corrected chi connectivity index (χ4v) is 5.06. The van der Waals surface area contributed by atoms with E-state index in [0.29, 0.717) is 23.6 Å². The van der Waals surface area contributed by atoms with Gasteiger partial charge in [0.2, 0.25) is 0 Å². The van der Waals surface area contributed by atoms with Crippen molar-refractivity contribution in [2.24, 2.45) is 5.16 Å². The zero-order chi connectivity index (χ0) is 23.4. The Hall–Kier alpha value is -3.88. The number of aromatic nitrogens is 2. The van der Waals surface area contributed by atoms with Crippen LogP contribution in [0.2, 0.25) is 0 Å². The van der Waals surface area contributed by atoms with Gasteiger partial charge in [-0.15, -0.1) is 0 Å². The monoisotopic (exact) mass is 463 g/mol. The molecule has 9 heteroatoms. The Labute approximate surface area is 195 Å². The zero-order valence-corrected chi connectivity index (χ0v) is 18.8. The Bertz CT molecular complexity index is 1370. The summed E-state index contributed by atoms with van der Waals surface area (Å²) in [7, 11) is 1.64. The molecule has 1 atom stereocenters. The van der Waals surface area contributed by atoms with Gasteiger partial charge in [-0.25, -0.2) is 13.8 Å². The number of aryl methyl sites for hydroxylation is 1. The highest BCUT2D eigenvalue weighted by Crippen LogP contribution is 2.47. The van der Waals surface area contributed by atoms with Gasteiger partial charge < -0.3 is 24.4 Å². The van der Waals surface area contributed by atoms with E-state index < -0.39 is 17.4 Å². The van der Waals surface area contributed by atoms with E-state index in [0.717, 1.165) is 47.2 Å². The lowest BCUT2D eigenvalue weighted by Crippen LogP contribution is -2.50. The highest BCUT2D eigenvalue weighted by Gasteiger charge is 2.55. The van der Waals surface area contributed by atoms with Crippen LogP contribution in [0, 0.1) is 18.6 Å². The number of rotatable bonds is 3. The Morgan fingerprint density at radius 2 is 2.12 bits per heavy atom. The summed E-state index contributed by atoms with van der Waals surface area (Å²) in [5.41, 5.74) is 3.36. The molecule has 0 amide bonds. The maximum Gasteiger partial charge on any atom is 0.259 e. The topological polar surface area (TPSA) is 63.9 Å². The first-order chi connectivity index (χ1) is 16.5. The Morgan fingerprint density at radius 3 is 2.91 bits per heavy atom. The van der Waals surface area contributed by atoms with Gasteiger partial charge in [0.25, 0.3) is 5.72 Å². The minimum absolute atomic E-state index is 0.288. The fraction of sp³-hybridized carbons (Fsp3) is 0.280. The van der Waals surface area contributed by atoms with Crippen molar-refractivity contribution in [3.8, 4) is 11.4 Å². The van der Waals surface area contributed by atoms with E-state index in [-0.39, 0.29) is 6.54 Å². The van der Waals surface area contributed by atoms with Gasteiger partial charge in [-0.05, 0) is 55.2 Å². The molecule has 1 spiro atoms. The van der Waals surface area contributed by atoms with Gasteiger partial charge in [-0.3, -0.25) is 0 Å². The van der Waals surface area contributed by atoms with Gasteiger partial charge in [0.15, 0.2) is 5.84 Å². The second-order valence-corrected chi connectivity index (χ2v) is 8.73. The summed E-state index contributed by atoms with van der Waals surface area (Å²) in [6, 6.07) is 8.16. The summed E-state index contributed by atoms with van der Waals surface area (Å²) in [6.07, 6.45) is 7.43. The number of oxime groups is 1. The number of hydrogen-bond donors (Lipinski definition) is 1. The number of anilines is 1. The van der Waals surface area contributed by atoms with E-state index in [1.54, 1.807) is 13.4 Å². The molecule has 7 nitrogen and oxygen atoms in total. The molecule has 4 heterocycles. The van der Waals surface area contributed by atoms with Gasteiger partial charge in [-0.2, -0.15) is 0 Å². The molecule has 2 aromatic carbocycles. The quantitative estimate of drug-likeness (QED) is 0.617. The smallest absolute Gasteiger partial charge is 0.259 e. The lowest BCUT2D eigenvalue weighted by Gasteiger charge is -2.37. The van der Waals surface area contributed by atoms with Crippen molar-refractivity contribution in [1.29, 1.82) is 0 Å². The van der Waals surface area contributed by atoms with Crippen LogP contribution < -0.4 is 10.1 Å². The van der Waals surface area contributed by atoms with Gasteiger partial charge in [-0.1, -0.05) is 11.2 Å². The molecule has 0 bridgehead atoms. The van der Waals surface area contributed by atoms with E-state index in [9.17, 15) is 8.78 Å². The van der Waals surface area contributed by atoms with Crippen molar-refractivity contribution >= 4 is 17.6 Å². The van der Waals surface area contributed by atoms with Crippen LogP contribution in [-0.2, 0) is 10.6 Å². The van der Waals surface area contributed by atoms with Crippen LogP contribution in [0.4, 0.5) is 14.5 Å². The molecule has 0 aliphatic carbocycles. The molecule has 3 aromatic rings. The number of hydrogen-bond acceptors (Lipinski definition) is 6. The average molecular weight is 463 g/mol. The molecule has 34 heavy (non-hydrogen) atoms. The largest absolute Gasteiger partial charge is 0.495 e. The number of imidazole rings is 1. The SMILES string of the molecule is COc1cc(/C=C2\CCCN3C2=NOC32CNc3cc(F)cc(F)c32)ccc1-n1cnc(C)c1. The third kappa shape index (κ3) is 3.07. The molecule has 6 rings (SSSR count). The molecule has 0 radical (unpaired) electrons. The Kier molecular flexibility index (Phi) is 4.62. The number of fused-ring (bicyclic) bond motifs is 4. The first-order valence-corrected chi connectivity index (χ1v) is 11.2. The Balaban J connectivity index is 1.34. The van der Waals surface area contributed by atoms with Crippen LogP contribution >= 0.6 is 0 Å². The summed E-state index contributed by atoms with van der Waals surface area (Å²) < 4.78 is 36.2. The normalized spacial score (nSPS) is 21.8. The number of amidine groups is 1. The second kappa shape index (κ2) is 7.58. The third-order valence-electron chi connectivity index (χ3n) is 6.59. The molecule has 1 aromatic heterocycles. The van der Waals surface area contributed by atoms with Gasteiger partial charge in [0.1, 0.15) is 17.4 Å². The van der Waals surface area contributed by atoms with E-state index in [4.69, 9.17) is 9.57 Å². The van der Waals surface area contributed by atoms with E-state index in [1.807, 2.05) is 40.8 Å². The summed E-state index contributed by atoms with van der Waals surface area (Å²) in [5.74, 6) is 0.140. The molecule has 3 aliphatic rings. The first kappa shape index (κ1) is 20.7. The first-order valence-electron chi connectivity index (χ1n) is 11.2. The van der Waals surface area contributed by atoms with Crippen molar-refractivity contribution < 1.29 is 18.4 Å². The van der Waals surface area contributed by atoms with Crippen molar-refractivity contribution in [1.82, 2.24) is 14.5 Å². The molecule has 1 fully saturated rings. The van der Waals surface area contributed by atoms with Gasteiger partial charge in [0, 0.05) is 24.5 Å². The molecule has 3 aliphatic heterocycles. The van der Waals surface area contributed by atoms with Crippen molar-refractivity contribution in [2.75, 3.05) is 25.5 Å². The molecule has 1 saturated heterocycles. The standard InChI is InChI=1S/C25H23F2N5O2/c1-15-12-31(14-29-15)21-6-5-16(9-22(21)33-2)8-17-4-3-7-32-24(17)30-34-25(32)13-28-20-11-18(26)10-19(27)23(20)25/h5-6,8-12,14,28H,3-4,7,13H2,1-2H3/b17-8+. The van der Waals surface area contributed by atoms with Crippen LogP contribution in [0.3, 0.4) is 0 Å². The zero-order valence-electron chi connectivity index (χ0n) is 18.8. The second-order valence-electron chi connectivity index (χ2n) is 8.73. The van der Waals surface area contributed by atoms with Gasteiger partial charge >= 0.3 is 0 Å². The highest BCUT2D eigenvalue weighted by atomic mass is 19.1. The number of methoxy groups -OCH3 is 1. The van der Waals surface area contributed by atoms with Crippen LogP contribution in [0.25, 0.3) is 11.8 Å². The molecular formula is C25H23F2N5O2. The maximum atomic E-state index is 14.8. The lowest BCUT2D eigenvalue weighted by atomic mass is 9.95. The number of ether oxygens (including phenoxy) is 1. The fourth-order valence-electron chi connectivity index (χ4n) is 5.06. The third-order valence-corrected chi connectivity index (χ3v) is 6.59. The van der Waals surface area contributed by atoms with Crippen molar-refractivity contribution in [3.05, 3.63) is 76.9 Å².